The summed E-state index contributed by atoms with van der Waals surface area (Å²) in [6.45, 7) is 9.39. The number of carbonyl (C=O) groups excluding carboxylic acids is 1. The summed E-state index contributed by atoms with van der Waals surface area (Å²) in [5.41, 5.74) is 5.99. The highest BCUT2D eigenvalue weighted by atomic mass is 32.2. The van der Waals surface area contributed by atoms with Crippen molar-refractivity contribution in [3.8, 4) is 5.69 Å². The van der Waals surface area contributed by atoms with Gasteiger partial charge < -0.3 is 14.8 Å². The van der Waals surface area contributed by atoms with Gasteiger partial charge in [-0.3, -0.25) is 4.79 Å². The number of aromatic nitrogens is 1. The maximum absolute atomic E-state index is 13.1. The number of piperidine rings is 1. The van der Waals surface area contributed by atoms with Crippen LogP contribution in [0.3, 0.4) is 0 Å². The van der Waals surface area contributed by atoms with E-state index in [1.807, 2.05) is 44.2 Å². The largest absolute Gasteiger partial charge is 0.371 e. The molecule has 34 heavy (non-hydrogen) atoms. The summed E-state index contributed by atoms with van der Waals surface area (Å²) >= 11 is 0. The van der Waals surface area contributed by atoms with Crippen molar-refractivity contribution in [1.82, 2.24) is 9.88 Å². The number of hydrogen-bond donors (Lipinski definition) is 1. The lowest BCUT2D eigenvalue weighted by atomic mass is 10.0. The van der Waals surface area contributed by atoms with Crippen LogP contribution in [0.15, 0.2) is 59.5 Å². The third kappa shape index (κ3) is 4.75. The predicted molar refractivity (Wildman–Crippen MR) is 137 cm³/mol. The first-order chi connectivity index (χ1) is 16.2. The molecule has 2 aromatic carbocycles. The minimum absolute atomic E-state index is 0.0273. The van der Waals surface area contributed by atoms with E-state index in [9.17, 15) is 13.2 Å². The molecule has 1 aliphatic rings. The number of carbonyl (C=O) groups is 1. The molecule has 0 aliphatic carbocycles. The topological polar surface area (TPSA) is 71.4 Å². The van der Waals surface area contributed by atoms with Gasteiger partial charge in [-0.05, 0) is 75.6 Å². The van der Waals surface area contributed by atoms with Gasteiger partial charge in [-0.2, -0.15) is 0 Å². The molecular weight excluding hydrogens is 446 g/mol. The molecule has 180 valence electrons. The third-order valence-electron chi connectivity index (χ3n) is 6.80. The zero-order valence-corrected chi connectivity index (χ0v) is 21.2. The number of para-hydroxylation sites is 1. The van der Waals surface area contributed by atoms with Crippen LogP contribution in [-0.4, -0.2) is 43.8 Å². The molecule has 0 atom stereocenters. The molecule has 0 radical (unpaired) electrons. The van der Waals surface area contributed by atoms with Crippen molar-refractivity contribution in [2.24, 2.45) is 0 Å². The van der Waals surface area contributed by atoms with Gasteiger partial charge in [0.25, 0.3) is 5.91 Å². The van der Waals surface area contributed by atoms with E-state index in [1.54, 1.807) is 19.1 Å². The average Bonchev–Trinajstić information content (AvgIpc) is 3.14. The SMILES string of the molecule is CCS(=O)(=O)c1ccc(N2CCC(NC(=O)c3cc(C)n(-c4ccccc4C)c3C)CC2)cc1. The molecule has 1 amide bonds. The van der Waals surface area contributed by atoms with Gasteiger partial charge in [0.05, 0.1) is 16.2 Å². The number of amides is 1. The van der Waals surface area contributed by atoms with Crippen LogP contribution in [-0.2, 0) is 9.84 Å². The molecule has 0 unspecified atom stereocenters. The summed E-state index contributed by atoms with van der Waals surface area (Å²) in [7, 11) is -3.19. The third-order valence-corrected chi connectivity index (χ3v) is 8.55. The molecule has 0 saturated carbocycles. The quantitative estimate of drug-likeness (QED) is 0.561. The Balaban J connectivity index is 1.40. The number of anilines is 1. The van der Waals surface area contributed by atoms with Crippen molar-refractivity contribution in [2.45, 2.75) is 51.5 Å². The fourth-order valence-corrected chi connectivity index (χ4v) is 5.64. The molecule has 4 rings (SSSR count). The minimum atomic E-state index is -3.19. The highest BCUT2D eigenvalue weighted by Crippen LogP contribution is 2.25. The summed E-state index contributed by atoms with van der Waals surface area (Å²) in [6.07, 6.45) is 1.69. The number of nitrogens with one attached hydrogen (secondary N) is 1. The van der Waals surface area contributed by atoms with Crippen LogP contribution in [0.4, 0.5) is 5.69 Å². The number of aryl methyl sites for hydroxylation is 2. The molecule has 6 nitrogen and oxygen atoms in total. The predicted octanol–water partition coefficient (Wildman–Crippen LogP) is 4.59. The number of benzene rings is 2. The Morgan fingerprint density at radius 2 is 1.65 bits per heavy atom. The van der Waals surface area contributed by atoms with E-state index in [0.29, 0.717) is 4.90 Å². The summed E-state index contributed by atoms with van der Waals surface area (Å²) in [4.78, 5) is 15.7. The van der Waals surface area contributed by atoms with Gasteiger partial charge in [-0.15, -0.1) is 0 Å². The van der Waals surface area contributed by atoms with Gasteiger partial charge in [0.2, 0.25) is 0 Å². The van der Waals surface area contributed by atoms with Gasteiger partial charge in [-0.1, -0.05) is 25.1 Å². The molecule has 1 N–H and O–H groups in total. The molecule has 1 aliphatic heterocycles. The lowest BCUT2D eigenvalue weighted by Gasteiger charge is -2.34. The van der Waals surface area contributed by atoms with Crippen molar-refractivity contribution in [3.05, 3.63) is 77.1 Å². The maximum atomic E-state index is 13.1. The highest BCUT2D eigenvalue weighted by molar-refractivity contribution is 7.91. The zero-order valence-electron chi connectivity index (χ0n) is 20.3. The number of hydrogen-bond acceptors (Lipinski definition) is 4. The number of nitrogens with zero attached hydrogens (tertiary/aromatic N) is 2. The van der Waals surface area contributed by atoms with Crippen molar-refractivity contribution < 1.29 is 13.2 Å². The minimum Gasteiger partial charge on any atom is -0.371 e. The molecule has 7 heteroatoms. The summed E-state index contributed by atoms with van der Waals surface area (Å²) in [5.74, 6) is 0.0747. The van der Waals surface area contributed by atoms with E-state index in [-0.39, 0.29) is 17.7 Å². The van der Waals surface area contributed by atoms with Crippen molar-refractivity contribution in [3.63, 3.8) is 0 Å². The highest BCUT2D eigenvalue weighted by Gasteiger charge is 2.24. The Morgan fingerprint density at radius 3 is 2.26 bits per heavy atom. The lowest BCUT2D eigenvalue weighted by Crippen LogP contribution is -2.44. The average molecular weight is 480 g/mol. The summed E-state index contributed by atoms with van der Waals surface area (Å²) in [5, 5.41) is 3.23. The Labute approximate surface area is 202 Å². The fraction of sp³-hybridized carbons (Fsp3) is 0.370. The van der Waals surface area contributed by atoms with E-state index in [2.05, 4.69) is 33.8 Å². The fourth-order valence-electron chi connectivity index (χ4n) is 4.75. The number of rotatable bonds is 6. The van der Waals surface area contributed by atoms with Gasteiger partial charge in [0, 0.05) is 41.9 Å². The Morgan fingerprint density at radius 1 is 1.00 bits per heavy atom. The van der Waals surface area contributed by atoms with Gasteiger partial charge in [0.1, 0.15) is 0 Å². The lowest BCUT2D eigenvalue weighted by molar-refractivity contribution is 0.0930. The molecule has 1 saturated heterocycles. The first-order valence-corrected chi connectivity index (χ1v) is 13.5. The van der Waals surface area contributed by atoms with Crippen LogP contribution in [0.2, 0.25) is 0 Å². The molecule has 0 bridgehead atoms. The second-order valence-electron chi connectivity index (χ2n) is 9.04. The van der Waals surface area contributed by atoms with Crippen molar-refractivity contribution in [1.29, 1.82) is 0 Å². The van der Waals surface area contributed by atoms with Crippen LogP contribution in [0, 0.1) is 20.8 Å². The molecule has 3 aromatic rings. The van der Waals surface area contributed by atoms with Crippen LogP contribution < -0.4 is 10.2 Å². The van der Waals surface area contributed by atoms with Crippen LogP contribution in [0.5, 0.6) is 0 Å². The molecule has 1 aromatic heterocycles. The summed E-state index contributed by atoms with van der Waals surface area (Å²) < 4.78 is 26.2. The van der Waals surface area contributed by atoms with E-state index >= 15 is 0 Å². The van der Waals surface area contributed by atoms with Crippen LogP contribution in [0.25, 0.3) is 5.69 Å². The van der Waals surface area contributed by atoms with Crippen LogP contribution >= 0.6 is 0 Å². The smallest absolute Gasteiger partial charge is 0.253 e. The zero-order chi connectivity index (χ0) is 24.5. The van der Waals surface area contributed by atoms with E-state index in [4.69, 9.17) is 0 Å². The normalized spacial score (nSPS) is 14.9. The first kappa shape index (κ1) is 24.1. The van der Waals surface area contributed by atoms with Gasteiger partial charge in [-0.25, -0.2) is 8.42 Å². The maximum Gasteiger partial charge on any atom is 0.253 e. The van der Waals surface area contributed by atoms with Crippen LogP contribution in [0.1, 0.15) is 47.1 Å². The molecular formula is C27H33N3O3S. The van der Waals surface area contributed by atoms with Gasteiger partial charge in [0.15, 0.2) is 9.84 Å². The second kappa shape index (κ2) is 9.66. The molecule has 2 heterocycles. The Hall–Kier alpha value is -3.06. The van der Waals surface area contributed by atoms with Gasteiger partial charge >= 0.3 is 0 Å². The van der Waals surface area contributed by atoms with E-state index < -0.39 is 9.84 Å². The van der Waals surface area contributed by atoms with Crippen molar-refractivity contribution >= 4 is 21.4 Å². The summed E-state index contributed by atoms with van der Waals surface area (Å²) in [6, 6.07) is 17.4. The van der Waals surface area contributed by atoms with E-state index in [1.165, 1.54) is 5.56 Å². The Kier molecular flexibility index (Phi) is 6.84. The first-order valence-electron chi connectivity index (χ1n) is 11.8. The number of sulfone groups is 1. The van der Waals surface area contributed by atoms with Crippen molar-refractivity contribution in [2.75, 3.05) is 23.7 Å². The Bertz CT molecular complexity index is 1290. The molecule has 1 fully saturated rings. The van der Waals surface area contributed by atoms with E-state index in [0.717, 1.165) is 54.3 Å². The second-order valence-corrected chi connectivity index (χ2v) is 11.3. The molecule has 0 spiro atoms. The monoisotopic (exact) mass is 479 g/mol. The standard InChI is InChI=1S/C27H33N3O3S/c1-5-34(32,33)24-12-10-23(11-13-24)29-16-14-22(15-17-29)28-27(31)25-18-20(3)30(21(25)4)26-9-7-6-8-19(26)2/h6-13,18,22H,5,14-17H2,1-4H3,(H,28,31).